The van der Waals surface area contributed by atoms with E-state index in [1.165, 1.54) is 16.7 Å². The molecule has 5 nitrogen and oxygen atoms in total. The fourth-order valence-corrected chi connectivity index (χ4v) is 3.74. The summed E-state index contributed by atoms with van der Waals surface area (Å²) in [6, 6.07) is 16.0. The molecule has 5 heteroatoms. The first-order valence-electron chi connectivity index (χ1n) is 9.81. The van der Waals surface area contributed by atoms with Gasteiger partial charge in [-0.3, -0.25) is 4.79 Å². The average Bonchev–Trinajstić information content (AvgIpc) is 3.17. The van der Waals surface area contributed by atoms with Crippen LogP contribution in [0, 0.1) is 0 Å². The number of nitrogens with zero attached hydrogens (tertiary/aromatic N) is 3. The van der Waals surface area contributed by atoms with Crippen LogP contribution < -0.4 is 10.2 Å². The minimum atomic E-state index is -0.0881. The standard InChI is InChI=1S/C23H24N4O/c1-3-16-9-7-10-17(4-2)21(16)26-23-24-14-12-19(25-23)22(28)27-15-13-18-8-5-6-11-20(18)27/h5-12,14H,3-4,13,15H2,1-2H3,(H,24,25,26). The molecule has 0 radical (unpaired) electrons. The van der Waals surface area contributed by atoms with Crippen LogP contribution in [0.3, 0.4) is 0 Å². The topological polar surface area (TPSA) is 58.1 Å². The van der Waals surface area contributed by atoms with Crippen molar-refractivity contribution in [2.24, 2.45) is 0 Å². The van der Waals surface area contributed by atoms with Gasteiger partial charge >= 0.3 is 0 Å². The number of nitrogens with one attached hydrogen (secondary N) is 1. The van der Waals surface area contributed by atoms with Gasteiger partial charge in [0.25, 0.3) is 5.91 Å². The molecule has 0 spiro atoms. The molecule has 28 heavy (non-hydrogen) atoms. The molecule has 2 aromatic carbocycles. The Morgan fingerprint density at radius 2 is 1.79 bits per heavy atom. The second-order valence-corrected chi connectivity index (χ2v) is 6.88. The molecule has 1 aliphatic heterocycles. The molecule has 1 aliphatic rings. The Hall–Kier alpha value is -3.21. The molecule has 0 fully saturated rings. The molecule has 142 valence electrons. The zero-order valence-electron chi connectivity index (χ0n) is 16.3. The van der Waals surface area contributed by atoms with Crippen LogP contribution in [0.1, 0.15) is 41.0 Å². The van der Waals surface area contributed by atoms with Crippen molar-refractivity contribution in [3.05, 3.63) is 77.1 Å². The van der Waals surface area contributed by atoms with Crippen molar-refractivity contribution in [1.29, 1.82) is 0 Å². The van der Waals surface area contributed by atoms with Crippen molar-refractivity contribution < 1.29 is 4.79 Å². The second-order valence-electron chi connectivity index (χ2n) is 6.88. The SMILES string of the molecule is CCc1cccc(CC)c1Nc1nccc(C(=O)N2CCc3ccccc32)n1. The first kappa shape index (κ1) is 18.2. The number of amides is 1. The normalized spacial score (nSPS) is 12.7. The van der Waals surface area contributed by atoms with Crippen LogP contribution in [0.5, 0.6) is 0 Å². The number of aryl methyl sites for hydroxylation is 2. The van der Waals surface area contributed by atoms with Crippen LogP contribution in [0.2, 0.25) is 0 Å². The second kappa shape index (κ2) is 7.80. The van der Waals surface area contributed by atoms with Crippen LogP contribution >= 0.6 is 0 Å². The van der Waals surface area contributed by atoms with E-state index in [9.17, 15) is 4.79 Å². The number of carbonyl (C=O) groups is 1. The van der Waals surface area contributed by atoms with Crippen LogP contribution in [-0.2, 0) is 19.3 Å². The summed E-state index contributed by atoms with van der Waals surface area (Å²) in [5.41, 5.74) is 6.06. The summed E-state index contributed by atoms with van der Waals surface area (Å²) >= 11 is 0. The number of carbonyl (C=O) groups excluding carboxylic acids is 1. The van der Waals surface area contributed by atoms with Gasteiger partial charge in [0.05, 0.1) is 0 Å². The zero-order valence-corrected chi connectivity index (χ0v) is 16.3. The first-order valence-corrected chi connectivity index (χ1v) is 9.81. The van der Waals surface area contributed by atoms with Crippen molar-refractivity contribution in [1.82, 2.24) is 9.97 Å². The molecule has 1 amide bonds. The number of aromatic nitrogens is 2. The fraction of sp³-hybridized carbons (Fsp3) is 0.261. The van der Waals surface area contributed by atoms with E-state index < -0.39 is 0 Å². The lowest BCUT2D eigenvalue weighted by molar-refractivity contribution is 0.0984. The smallest absolute Gasteiger partial charge is 0.277 e. The van der Waals surface area contributed by atoms with Gasteiger partial charge in [-0.25, -0.2) is 9.97 Å². The molecular weight excluding hydrogens is 348 g/mol. The molecule has 0 saturated carbocycles. The summed E-state index contributed by atoms with van der Waals surface area (Å²) < 4.78 is 0. The van der Waals surface area contributed by atoms with E-state index in [0.717, 1.165) is 30.6 Å². The Kier molecular flexibility index (Phi) is 5.06. The molecule has 1 aromatic heterocycles. The Balaban J connectivity index is 1.62. The van der Waals surface area contributed by atoms with Gasteiger partial charge in [-0.1, -0.05) is 50.2 Å². The molecule has 0 aliphatic carbocycles. The van der Waals surface area contributed by atoms with Gasteiger partial charge in [0.15, 0.2) is 0 Å². The van der Waals surface area contributed by atoms with Crippen molar-refractivity contribution >= 4 is 23.2 Å². The number of rotatable bonds is 5. The van der Waals surface area contributed by atoms with E-state index in [-0.39, 0.29) is 5.91 Å². The maximum atomic E-state index is 13.1. The van der Waals surface area contributed by atoms with Crippen molar-refractivity contribution in [3.8, 4) is 0 Å². The fourth-order valence-electron chi connectivity index (χ4n) is 3.74. The monoisotopic (exact) mass is 372 g/mol. The van der Waals surface area contributed by atoms with E-state index in [1.807, 2.05) is 18.2 Å². The van der Waals surface area contributed by atoms with Gasteiger partial charge < -0.3 is 10.2 Å². The largest absolute Gasteiger partial charge is 0.324 e. The average molecular weight is 372 g/mol. The summed E-state index contributed by atoms with van der Waals surface area (Å²) in [5, 5.41) is 3.36. The van der Waals surface area contributed by atoms with E-state index >= 15 is 0 Å². The van der Waals surface area contributed by atoms with E-state index in [1.54, 1.807) is 17.2 Å². The number of hydrogen-bond donors (Lipinski definition) is 1. The van der Waals surface area contributed by atoms with E-state index in [2.05, 4.69) is 53.4 Å². The van der Waals surface area contributed by atoms with Crippen molar-refractivity contribution in [3.63, 3.8) is 0 Å². The summed E-state index contributed by atoms with van der Waals surface area (Å²) in [6.45, 7) is 4.95. The molecule has 1 N–H and O–H groups in total. The molecule has 0 atom stereocenters. The molecule has 0 saturated heterocycles. The van der Waals surface area contributed by atoms with Crippen LogP contribution in [0.25, 0.3) is 0 Å². The maximum absolute atomic E-state index is 13.1. The van der Waals surface area contributed by atoms with Crippen molar-refractivity contribution in [2.45, 2.75) is 33.1 Å². The summed E-state index contributed by atoms with van der Waals surface area (Å²) in [5.74, 6) is 0.365. The quantitative estimate of drug-likeness (QED) is 0.714. The lowest BCUT2D eigenvalue weighted by Crippen LogP contribution is -2.29. The molecular formula is C23H24N4O. The molecule has 4 rings (SSSR count). The maximum Gasteiger partial charge on any atom is 0.277 e. The highest BCUT2D eigenvalue weighted by Gasteiger charge is 2.26. The molecule has 0 bridgehead atoms. The lowest BCUT2D eigenvalue weighted by Gasteiger charge is -2.18. The molecule has 3 aromatic rings. The van der Waals surface area contributed by atoms with Gasteiger partial charge in [-0.15, -0.1) is 0 Å². The highest BCUT2D eigenvalue weighted by atomic mass is 16.2. The van der Waals surface area contributed by atoms with Crippen molar-refractivity contribution in [2.75, 3.05) is 16.8 Å². The Morgan fingerprint density at radius 3 is 2.54 bits per heavy atom. The Bertz CT molecular complexity index is 993. The zero-order chi connectivity index (χ0) is 19.5. The number of benzene rings is 2. The first-order chi connectivity index (χ1) is 13.7. The van der Waals surface area contributed by atoms with Gasteiger partial charge in [0.1, 0.15) is 5.69 Å². The molecule has 0 unspecified atom stereocenters. The third kappa shape index (κ3) is 3.36. The van der Waals surface area contributed by atoms with Crippen LogP contribution in [0.15, 0.2) is 54.7 Å². The molecule has 2 heterocycles. The number of anilines is 3. The minimum absolute atomic E-state index is 0.0881. The Morgan fingerprint density at radius 1 is 1.04 bits per heavy atom. The van der Waals surface area contributed by atoms with E-state index in [0.29, 0.717) is 18.2 Å². The van der Waals surface area contributed by atoms with Gasteiger partial charge in [0, 0.05) is 24.1 Å². The summed E-state index contributed by atoms with van der Waals surface area (Å²) in [4.78, 5) is 23.7. The van der Waals surface area contributed by atoms with Crippen LogP contribution in [-0.4, -0.2) is 22.4 Å². The highest BCUT2D eigenvalue weighted by molar-refractivity contribution is 6.06. The predicted molar refractivity (Wildman–Crippen MR) is 112 cm³/mol. The third-order valence-corrected chi connectivity index (χ3v) is 5.24. The van der Waals surface area contributed by atoms with Gasteiger partial charge in [0.2, 0.25) is 5.95 Å². The van der Waals surface area contributed by atoms with Crippen LogP contribution in [0.4, 0.5) is 17.3 Å². The van der Waals surface area contributed by atoms with Gasteiger partial charge in [-0.05, 0) is 48.1 Å². The summed E-state index contributed by atoms with van der Waals surface area (Å²) in [6.07, 6.45) is 4.35. The lowest BCUT2D eigenvalue weighted by atomic mass is 10.0. The van der Waals surface area contributed by atoms with E-state index in [4.69, 9.17) is 0 Å². The number of para-hydroxylation sites is 2. The van der Waals surface area contributed by atoms with Gasteiger partial charge in [-0.2, -0.15) is 0 Å². The highest BCUT2D eigenvalue weighted by Crippen LogP contribution is 2.29. The minimum Gasteiger partial charge on any atom is -0.324 e. The Labute approximate surface area is 165 Å². The number of fused-ring (bicyclic) bond motifs is 1. The summed E-state index contributed by atoms with van der Waals surface area (Å²) in [7, 11) is 0. The number of hydrogen-bond acceptors (Lipinski definition) is 4. The predicted octanol–water partition coefficient (Wildman–Crippen LogP) is 4.55. The third-order valence-electron chi connectivity index (χ3n) is 5.24.